The van der Waals surface area contributed by atoms with E-state index in [0.29, 0.717) is 35.4 Å². The lowest BCUT2D eigenvalue weighted by atomic mass is 10.0. The fourth-order valence-corrected chi connectivity index (χ4v) is 4.87. The zero-order chi connectivity index (χ0) is 21.0. The Morgan fingerprint density at radius 2 is 2.03 bits per heavy atom. The van der Waals surface area contributed by atoms with Crippen LogP contribution >= 0.6 is 35.0 Å². The van der Waals surface area contributed by atoms with Gasteiger partial charge in [-0.3, -0.25) is 0 Å². The monoisotopic (exact) mass is 466 g/mol. The number of hydrogen-bond acceptors (Lipinski definition) is 4. The molecule has 3 aromatic rings. The van der Waals surface area contributed by atoms with Crippen LogP contribution in [-0.4, -0.2) is 33.8 Å². The predicted molar refractivity (Wildman–Crippen MR) is 118 cm³/mol. The van der Waals surface area contributed by atoms with E-state index in [9.17, 15) is 4.39 Å². The van der Waals surface area contributed by atoms with Crippen LogP contribution in [0.15, 0.2) is 66.1 Å². The summed E-state index contributed by atoms with van der Waals surface area (Å²) in [5, 5.41) is 1.25. The van der Waals surface area contributed by atoms with Crippen molar-refractivity contribution < 1.29 is 13.9 Å². The molecule has 2 heterocycles. The molecule has 1 aliphatic heterocycles. The van der Waals surface area contributed by atoms with Crippen molar-refractivity contribution in [1.82, 2.24) is 9.55 Å². The van der Waals surface area contributed by atoms with E-state index in [4.69, 9.17) is 32.7 Å². The van der Waals surface area contributed by atoms with E-state index in [-0.39, 0.29) is 11.9 Å². The number of aryl methyl sites for hydroxylation is 1. The first-order valence-corrected chi connectivity index (χ1v) is 11.4. The highest BCUT2D eigenvalue weighted by molar-refractivity contribution is 7.99. The number of thioether (sulfide) groups is 1. The van der Waals surface area contributed by atoms with E-state index in [1.54, 1.807) is 42.5 Å². The average molecular weight is 467 g/mol. The molecule has 158 valence electrons. The second-order valence-electron chi connectivity index (χ2n) is 7.21. The van der Waals surface area contributed by atoms with E-state index < -0.39 is 5.79 Å². The lowest BCUT2D eigenvalue weighted by Crippen LogP contribution is -2.37. The molecule has 0 radical (unpaired) electrons. The van der Waals surface area contributed by atoms with Gasteiger partial charge >= 0.3 is 0 Å². The molecule has 8 heteroatoms. The van der Waals surface area contributed by atoms with Gasteiger partial charge in [0.1, 0.15) is 5.82 Å². The zero-order valence-corrected chi connectivity index (χ0v) is 18.5. The first-order valence-electron chi connectivity index (χ1n) is 9.61. The Kier molecular flexibility index (Phi) is 7.01. The summed E-state index contributed by atoms with van der Waals surface area (Å²) in [6.45, 7) is 1.04. The normalized spacial score (nSPS) is 21.2. The number of benzene rings is 2. The number of rotatable bonds is 8. The Morgan fingerprint density at radius 1 is 1.20 bits per heavy atom. The van der Waals surface area contributed by atoms with E-state index in [2.05, 4.69) is 4.98 Å². The third-order valence-corrected chi connectivity index (χ3v) is 6.79. The van der Waals surface area contributed by atoms with Crippen LogP contribution < -0.4 is 0 Å². The molecule has 1 fully saturated rings. The van der Waals surface area contributed by atoms with Gasteiger partial charge in [0.15, 0.2) is 5.79 Å². The largest absolute Gasteiger partial charge is 0.345 e. The molecule has 1 aliphatic rings. The molecule has 0 spiro atoms. The maximum absolute atomic E-state index is 13.2. The fraction of sp³-hybridized carbons (Fsp3) is 0.318. The molecular weight excluding hydrogens is 446 g/mol. The first kappa shape index (κ1) is 21.7. The molecule has 2 aromatic carbocycles. The van der Waals surface area contributed by atoms with Crippen molar-refractivity contribution in [3.63, 3.8) is 0 Å². The van der Waals surface area contributed by atoms with Crippen LogP contribution in [0, 0.1) is 5.82 Å². The molecule has 0 bridgehead atoms. The topological polar surface area (TPSA) is 36.3 Å². The fourth-order valence-electron chi connectivity index (χ4n) is 3.41. The van der Waals surface area contributed by atoms with E-state index >= 15 is 0 Å². The Labute approximate surface area is 189 Å². The summed E-state index contributed by atoms with van der Waals surface area (Å²) in [5.74, 6) is -0.286. The Hall–Kier alpha value is -1.57. The van der Waals surface area contributed by atoms with Crippen molar-refractivity contribution in [2.45, 2.75) is 36.2 Å². The Bertz CT molecular complexity index is 972. The highest BCUT2D eigenvalue weighted by Gasteiger charge is 2.41. The second kappa shape index (κ2) is 9.71. The van der Waals surface area contributed by atoms with Gasteiger partial charge in [-0.1, -0.05) is 35.3 Å². The van der Waals surface area contributed by atoms with Gasteiger partial charge in [-0.15, -0.1) is 11.8 Å². The summed E-state index contributed by atoms with van der Waals surface area (Å²) >= 11 is 13.9. The molecule has 2 unspecified atom stereocenters. The highest BCUT2D eigenvalue weighted by Crippen LogP contribution is 2.35. The number of ether oxygens (including phenoxy) is 2. The van der Waals surface area contributed by atoms with Crippen LogP contribution in [0.5, 0.6) is 0 Å². The van der Waals surface area contributed by atoms with Crippen molar-refractivity contribution in [3.8, 4) is 0 Å². The molecule has 30 heavy (non-hydrogen) atoms. The number of hydrogen-bond donors (Lipinski definition) is 0. The van der Waals surface area contributed by atoms with Crippen LogP contribution in [0.2, 0.25) is 10.0 Å². The Morgan fingerprint density at radius 3 is 2.77 bits per heavy atom. The molecule has 4 rings (SSSR count). The molecule has 0 aliphatic carbocycles. The van der Waals surface area contributed by atoms with Gasteiger partial charge in [-0.2, -0.15) is 0 Å². The van der Waals surface area contributed by atoms with Crippen LogP contribution in [0.3, 0.4) is 0 Å². The zero-order valence-electron chi connectivity index (χ0n) is 16.1. The smallest absolute Gasteiger partial charge is 0.187 e. The summed E-state index contributed by atoms with van der Waals surface area (Å²) in [7, 11) is 0. The van der Waals surface area contributed by atoms with Crippen LogP contribution in [0.1, 0.15) is 12.0 Å². The van der Waals surface area contributed by atoms with Gasteiger partial charge in [-0.05, 0) is 42.3 Å². The minimum Gasteiger partial charge on any atom is -0.345 e. The number of imidazole rings is 1. The average Bonchev–Trinajstić information content (AvgIpc) is 3.38. The predicted octanol–water partition coefficient (Wildman–Crippen LogP) is 5.87. The van der Waals surface area contributed by atoms with Crippen molar-refractivity contribution in [1.29, 1.82) is 0 Å². The Balaban J connectivity index is 1.41. The molecule has 1 aromatic heterocycles. The van der Waals surface area contributed by atoms with E-state index in [1.807, 2.05) is 22.9 Å². The summed E-state index contributed by atoms with van der Waals surface area (Å²) in [6, 6.07) is 12.0. The van der Waals surface area contributed by atoms with E-state index in [1.165, 1.54) is 12.1 Å². The molecule has 0 amide bonds. The standard InChI is InChI=1S/C22H21Cl2FN2O2S/c23-17-3-6-21(20(24)11-17)30-13-19-12-28-22(29-19,14-27-10-9-26-15-27)8-7-16-1-4-18(25)5-2-16/h1-6,9-11,15,19H,7-8,12-14H2. The summed E-state index contributed by atoms with van der Waals surface area (Å²) in [6.07, 6.45) is 6.68. The third kappa shape index (κ3) is 5.56. The highest BCUT2D eigenvalue weighted by atomic mass is 35.5. The summed E-state index contributed by atoms with van der Waals surface area (Å²) in [4.78, 5) is 5.08. The first-order chi connectivity index (χ1) is 14.5. The number of nitrogens with zero attached hydrogens (tertiary/aromatic N) is 2. The lowest BCUT2D eigenvalue weighted by Gasteiger charge is -2.28. The molecule has 1 saturated heterocycles. The molecular formula is C22H21Cl2FN2O2S. The van der Waals surface area contributed by atoms with Crippen molar-refractivity contribution in [3.05, 3.63) is 82.6 Å². The molecule has 2 atom stereocenters. The van der Waals surface area contributed by atoms with Crippen LogP contribution in [-0.2, 0) is 22.4 Å². The van der Waals surface area contributed by atoms with Crippen molar-refractivity contribution in [2.75, 3.05) is 12.4 Å². The SMILES string of the molecule is Fc1ccc(CCC2(Cn3ccnc3)OCC(CSc3ccc(Cl)cc3Cl)O2)cc1. The maximum atomic E-state index is 13.2. The number of halogens is 3. The summed E-state index contributed by atoms with van der Waals surface area (Å²) in [5.41, 5.74) is 1.04. The summed E-state index contributed by atoms with van der Waals surface area (Å²) < 4.78 is 27.8. The molecule has 4 nitrogen and oxygen atoms in total. The van der Waals surface area contributed by atoms with Gasteiger partial charge in [0, 0.05) is 34.5 Å². The number of aromatic nitrogens is 2. The third-order valence-electron chi connectivity index (χ3n) is 4.92. The maximum Gasteiger partial charge on any atom is 0.187 e. The quantitative estimate of drug-likeness (QED) is 0.389. The molecule has 0 N–H and O–H groups in total. The van der Waals surface area contributed by atoms with Crippen molar-refractivity contribution >= 4 is 35.0 Å². The molecule has 0 saturated carbocycles. The van der Waals surface area contributed by atoms with E-state index in [0.717, 1.165) is 16.9 Å². The van der Waals surface area contributed by atoms with Gasteiger partial charge in [0.2, 0.25) is 0 Å². The second-order valence-corrected chi connectivity index (χ2v) is 9.11. The van der Waals surface area contributed by atoms with Gasteiger partial charge in [0.25, 0.3) is 0 Å². The van der Waals surface area contributed by atoms with Gasteiger partial charge in [-0.25, -0.2) is 9.37 Å². The van der Waals surface area contributed by atoms with Gasteiger partial charge in [0.05, 0.1) is 30.6 Å². The lowest BCUT2D eigenvalue weighted by molar-refractivity contribution is -0.180. The minimum atomic E-state index is -0.760. The minimum absolute atomic E-state index is 0.0708. The van der Waals surface area contributed by atoms with Crippen LogP contribution in [0.4, 0.5) is 4.39 Å². The van der Waals surface area contributed by atoms with Crippen molar-refractivity contribution in [2.24, 2.45) is 0 Å². The van der Waals surface area contributed by atoms with Gasteiger partial charge < -0.3 is 14.0 Å². The van der Waals surface area contributed by atoms with Crippen LogP contribution in [0.25, 0.3) is 0 Å².